The van der Waals surface area contributed by atoms with E-state index in [0.29, 0.717) is 24.3 Å². The number of benzene rings is 1. The SMILES string of the molecule is CCN(Cc1ccncc1)C(=O)c1cc(-c2cncnc2)nc2c(C)cccc12. The molecule has 0 aliphatic carbocycles. The Morgan fingerprint density at radius 1 is 1.03 bits per heavy atom. The second kappa shape index (κ2) is 8.14. The maximum Gasteiger partial charge on any atom is 0.254 e. The van der Waals surface area contributed by atoms with Crippen molar-refractivity contribution >= 4 is 16.8 Å². The third-order valence-electron chi connectivity index (χ3n) is 4.92. The molecular weight excluding hydrogens is 362 g/mol. The maximum absolute atomic E-state index is 13.5. The van der Waals surface area contributed by atoms with Crippen molar-refractivity contribution in [3.63, 3.8) is 0 Å². The molecule has 29 heavy (non-hydrogen) atoms. The predicted octanol–water partition coefficient (Wildman–Crippen LogP) is 4.06. The maximum atomic E-state index is 13.5. The van der Waals surface area contributed by atoms with Crippen LogP contribution in [0, 0.1) is 6.92 Å². The topological polar surface area (TPSA) is 71.9 Å². The van der Waals surface area contributed by atoms with Crippen LogP contribution in [0.2, 0.25) is 0 Å². The lowest BCUT2D eigenvalue weighted by molar-refractivity contribution is 0.0754. The normalized spacial score (nSPS) is 10.8. The van der Waals surface area contributed by atoms with Gasteiger partial charge in [-0.2, -0.15) is 0 Å². The molecule has 1 amide bonds. The molecule has 144 valence electrons. The van der Waals surface area contributed by atoms with Crippen molar-refractivity contribution in [2.45, 2.75) is 20.4 Å². The smallest absolute Gasteiger partial charge is 0.254 e. The Hall–Kier alpha value is -3.67. The van der Waals surface area contributed by atoms with E-state index in [9.17, 15) is 4.79 Å². The third-order valence-corrected chi connectivity index (χ3v) is 4.92. The molecule has 6 nitrogen and oxygen atoms in total. The Kier molecular flexibility index (Phi) is 5.24. The Bertz CT molecular complexity index is 1150. The highest BCUT2D eigenvalue weighted by Gasteiger charge is 2.20. The number of carbonyl (C=O) groups excluding carboxylic acids is 1. The fraction of sp³-hybridized carbons (Fsp3) is 0.174. The molecular formula is C23H21N5O. The monoisotopic (exact) mass is 383 g/mol. The van der Waals surface area contributed by atoms with Crippen LogP contribution in [0.3, 0.4) is 0 Å². The number of para-hydroxylation sites is 1. The fourth-order valence-electron chi connectivity index (χ4n) is 3.35. The van der Waals surface area contributed by atoms with E-state index in [1.54, 1.807) is 24.8 Å². The van der Waals surface area contributed by atoms with Crippen LogP contribution < -0.4 is 0 Å². The summed E-state index contributed by atoms with van der Waals surface area (Å²) in [6.07, 6.45) is 8.39. The van der Waals surface area contributed by atoms with Gasteiger partial charge in [0.05, 0.1) is 16.8 Å². The molecule has 0 bridgehead atoms. The zero-order valence-electron chi connectivity index (χ0n) is 16.4. The number of fused-ring (bicyclic) bond motifs is 1. The number of aryl methyl sites for hydroxylation is 1. The highest BCUT2D eigenvalue weighted by atomic mass is 16.2. The number of rotatable bonds is 5. The zero-order valence-corrected chi connectivity index (χ0v) is 16.4. The van der Waals surface area contributed by atoms with Gasteiger partial charge in [0.2, 0.25) is 0 Å². The van der Waals surface area contributed by atoms with Crippen LogP contribution in [0.25, 0.3) is 22.2 Å². The standard InChI is InChI=1S/C23H21N5O/c1-3-28(14-17-7-9-24-10-8-17)23(29)20-11-21(18-12-25-15-26-13-18)27-22-16(2)5-4-6-19(20)22/h4-13,15H,3,14H2,1-2H3. The first-order valence-electron chi connectivity index (χ1n) is 9.51. The Balaban J connectivity index is 1.82. The van der Waals surface area contributed by atoms with Crippen LogP contribution in [-0.4, -0.2) is 37.3 Å². The Morgan fingerprint density at radius 3 is 2.52 bits per heavy atom. The highest BCUT2D eigenvalue weighted by molar-refractivity contribution is 6.07. The molecule has 0 spiro atoms. The van der Waals surface area contributed by atoms with Crippen molar-refractivity contribution in [2.75, 3.05) is 6.54 Å². The molecule has 0 atom stereocenters. The molecule has 0 radical (unpaired) electrons. The van der Waals surface area contributed by atoms with E-state index in [-0.39, 0.29) is 5.91 Å². The Morgan fingerprint density at radius 2 is 1.79 bits per heavy atom. The van der Waals surface area contributed by atoms with Gasteiger partial charge in [0.25, 0.3) is 5.91 Å². The van der Waals surface area contributed by atoms with Crippen LogP contribution in [0.4, 0.5) is 0 Å². The molecule has 3 heterocycles. The third kappa shape index (κ3) is 3.82. The molecule has 0 unspecified atom stereocenters. The van der Waals surface area contributed by atoms with E-state index in [0.717, 1.165) is 27.6 Å². The molecule has 0 aliphatic heterocycles. The van der Waals surface area contributed by atoms with Crippen molar-refractivity contribution < 1.29 is 4.79 Å². The van der Waals surface area contributed by atoms with Crippen molar-refractivity contribution in [2.24, 2.45) is 0 Å². The zero-order chi connectivity index (χ0) is 20.2. The number of hydrogen-bond acceptors (Lipinski definition) is 5. The van der Waals surface area contributed by atoms with Gasteiger partial charge in [-0.25, -0.2) is 15.0 Å². The molecule has 0 fully saturated rings. The van der Waals surface area contributed by atoms with E-state index in [4.69, 9.17) is 4.98 Å². The van der Waals surface area contributed by atoms with Gasteiger partial charge in [-0.05, 0) is 43.2 Å². The number of carbonyl (C=O) groups is 1. The van der Waals surface area contributed by atoms with E-state index in [1.807, 2.05) is 55.1 Å². The van der Waals surface area contributed by atoms with Gasteiger partial charge in [0, 0.05) is 48.8 Å². The summed E-state index contributed by atoms with van der Waals surface area (Å²) in [5.41, 5.74) is 4.99. The first-order valence-corrected chi connectivity index (χ1v) is 9.51. The van der Waals surface area contributed by atoms with E-state index in [2.05, 4.69) is 15.0 Å². The van der Waals surface area contributed by atoms with Gasteiger partial charge in [-0.1, -0.05) is 18.2 Å². The van der Waals surface area contributed by atoms with Crippen molar-refractivity contribution in [3.05, 3.63) is 84.2 Å². The molecule has 4 aromatic rings. The molecule has 0 N–H and O–H groups in total. The summed E-state index contributed by atoms with van der Waals surface area (Å²) in [6.45, 7) is 5.11. The summed E-state index contributed by atoms with van der Waals surface area (Å²) in [5.74, 6) is -0.0274. The second-order valence-electron chi connectivity index (χ2n) is 6.83. The summed E-state index contributed by atoms with van der Waals surface area (Å²) >= 11 is 0. The lowest BCUT2D eigenvalue weighted by Crippen LogP contribution is -2.30. The van der Waals surface area contributed by atoms with Gasteiger partial charge in [0.15, 0.2) is 0 Å². The van der Waals surface area contributed by atoms with Crippen LogP contribution in [0.15, 0.2) is 67.5 Å². The lowest BCUT2D eigenvalue weighted by atomic mass is 10.0. The van der Waals surface area contributed by atoms with E-state index < -0.39 is 0 Å². The summed E-state index contributed by atoms with van der Waals surface area (Å²) in [7, 11) is 0. The molecule has 0 saturated heterocycles. The van der Waals surface area contributed by atoms with E-state index >= 15 is 0 Å². The van der Waals surface area contributed by atoms with E-state index in [1.165, 1.54) is 6.33 Å². The number of hydrogen-bond donors (Lipinski definition) is 0. The summed E-state index contributed by atoms with van der Waals surface area (Å²) in [4.78, 5) is 32.4. The minimum atomic E-state index is -0.0274. The predicted molar refractivity (Wildman–Crippen MR) is 112 cm³/mol. The molecule has 4 rings (SSSR count). The number of aromatic nitrogens is 4. The van der Waals surface area contributed by atoms with Crippen molar-refractivity contribution in [1.82, 2.24) is 24.8 Å². The molecule has 3 aromatic heterocycles. The van der Waals surface area contributed by atoms with Gasteiger partial charge < -0.3 is 4.90 Å². The summed E-state index contributed by atoms with van der Waals surface area (Å²) < 4.78 is 0. The highest BCUT2D eigenvalue weighted by Crippen LogP contribution is 2.27. The van der Waals surface area contributed by atoms with Gasteiger partial charge in [0.1, 0.15) is 6.33 Å². The first-order chi connectivity index (χ1) is 14.2. The number of pyridine rings is 2. The molecule has 0 saturated carbocycles. The summed E-state index contributed by atoms with van der Waals surface area (Å²) in [6, 6.07) is 11.6. The van der Waals surface area contributed by atoms with Crippen LogP contribution in [-0.2, 0) is 6.54 Å². The van der Waals surface area contributed by atoms with Gasteiger partial charge >= 0.3 is 0 Å². The molecule has 1 aromatic carbocycles. The minimum Gasteiger partial charge on any atom is -0.335 e. The van der Waals surface area contributed by atoms with Crippen LogP contribution in [0.5, 0.6) is 0 Å². The number of nitrogens with zero attached hydrogens (tertiary/aromatic N) is 5. The quantitative estimate of drug-likeness (QED) is 0.520. The van der Waals surface area contributed by atoms with Crippen LogP contribution in [0.1, 0.15) is 28.4 Å². The minimum absolute atomic E-state index is 0.0274. The largest absolute Gasteiger partial charge is 0.335 e. The average Bonchev–Trinajstić information content (AvgIpc) is 2.78. The Labute approximate surface area is 169 Å². The average molecular weight is 383 g/mol. The fourth-order valence-corrected chi connectivity index (χ4v) is 3.35. The number of amides is 1. The first kappa shape index (κ1) is 18.7. The van der Waals surface area contributed by atoms with Crippen LogP contribution >= 0.6 is 0 Å². The lowest BCUT2D eigenvalue weighted by Gasteiger charge is -2.22. The van der Waals surface area contributed by atoms with Gasteiger partial charge in [-0.15, -0.1) is 0 Å². The molecule has 0 aliphatic rings. The van der Waals surface area contributed by atoms with Crippen molar-refractivity contribution in [3.8, 4) is 11.3 Å². The molecule has 6 heteroatoms. The van der Waals surface area contributed by atoms with Gasteiger partial charge in [-0.3, -0.25) is 9.78 Å². The van der Waals surface area contributed by atoms with Crippen molar-refractivity contribution in [1.29, 1.82) is 0 Å². The second-order valence-corrected chi connectivity index (χ2v) is 6.83. The summed E-state index contributed by atoms with van der Waals surface area (Å²) in [5, 5.41) is 0.851.